The van der Waals surface area contributed by atoms with Crippen LogP contribution in [0.4, 0.5) is 11.4 Å². The molecule has 6 nitrogen and oxygen atoms in total. The number of nitrogens with zero attached hydrogens (tertiary/aromatic N) is 2. The van der Waals surface area contributed by atoms with Gasteiger partial charge in [-0.25, -0.2) is 4.98 Å². The molecule has 1 amide bonds. The summed E-state index contributed by atoms with van der Waals surface area (Å²) in [7, 11) is 0. The monoisotopic (exact) mass is 415 g/mol. The lowest BCUT2D eigenvalue weighted by molar-refractivity contribution is -0.118. The maximum atomic E-state index is 12.1. The number of nitrogens with two attached hydrogens (primary N) is 1. The van der Waals surface area contributed by atoms with Crippen LogP contribution in [0.3, 0.4) is 0 Å². The summed E-state index contributed by atoms with van der Waals surface area (Å²) in [5.74, 6) is -0.0842. The molecule has 24 heavy (non-hydrogen) atoms. The largest absolute Gasteiger partial charge is 0.368 e. The van der Waals surface area contributed by atoms with Gasteiger partial charge >= 0.3 is 0 Å². The number of carbonyl (C=O) groups excluding carboxylic acids is 1. The van der Waals surface area contributed by atoms with Gasteiger partial charge in [-0.05, 0) is 28.8 Å². The van der Waals surface area contributed by atoms with E-state index < -0.39 is 0 Å². The average Bonchev–Trinajstić information content (AvgIpc) is 2.90. The topological polar surface area (TPSA) is 87.0 Å². The number of anilines is 2. The molecule has 3 heterocycles. The number of aromatic nitrogens is 2. The molecule has 1 unspecified atom stereocenters. The van der Waals surface area contributed by atoms with Gasteiger partial charge in [0.25, 0.3) is 0 Å². The summed E-state index contributed by atoms with van der Waals surface area (Å²) in [5.41, 5.74) is 8.72. The highest BCUT2D eigenvalue weighted by Crippen LogP contribution is 2.38. The molecule has 1 aliphatic heterocycles. The van der Waals surface area contributed by atoms with E-state index in [2.05, 4.69) is 36.1 Å². The second kappa shape index (κ2) is 7.72. The lowest BCUT2D eigenvalue weighted by atomic mass is 10.1. The lowest BCUT2D eigenvalue weighted by Crippen LogP contribution is -2.43. The molecule has 2 aromatic heterocycles. The highest BCUT2D eigenvalue weighted by Gasteiger charge is 2.24. The number of piperidine rings is 1. The fourth-order valence-electron chi connectivity index (χ4n) is 2.95. The predicted octanol–water partition coefficient (Wildman–Crippen LogP) is 3.27. The van der Waals surface area contributed by atoms with Gasteiger partial charge < -0.3 is 20.9 Å². The van der Waals surface area contributed by atoms with Crippen molar-refractivity contribution in [2.45, 2.75) is 32.7 Å². The zero-order valence-electron chi connectivity index (χ0n) is 13.8. The second-order valence-electron chi connectivity index (χ2n) is 6.37. The van der Waals surface area contributed by atoms with Crippen molar-refractivity contribution in [1.29, 1.82) is 0 Å². The quantitative estimate of drug-likeness (QED) is 0.716. The fourth-order valence-corrected chi connectivity index (χ4v) is 3.51. The highest BCUT2D eigenvalue weighted by atomic mass is 79.9. The minimum atomic E-state index is -0.0769. The van der Waals surface area contributed by atoms with Gasteiger partial charge in [0.15, 0.2) is 0 Å². The molecule has 1 aliphatic rings. The normalized spacial score (nSPS) is 17.9. The first-order valence-corrected chi connectivity index (χ1v) is 8.73. The van der Waals surface area contributed by atoms with E-state index in [0.717, 1.165) is 52.8 Å². The van der Waals surface area contributed by atoms with E-state index in [9.17, 15) is 4.79 Å². The number of carbonyl (C=O) groups is 1. The SMILES string of the molecule is CC(C)C(=O)Nc1c[nH]c2ncc(Br)c(N3CCCC(N)C3)c12.Cl. The molecule has 132 valence electrons. The van der Waals surface area contributed by atoms with Crippen molar-refractivity contribution in [3.63, 3.8) is 0 Å². The Morgan fingerprint density at radius 3 is 2.96 bits per heavy atom. The number of hydrogen-bond donors (Lipinski definition) is 3. The summed E-state index contributed by atoms with van der Waals surface area (Å²) in [6, 6.07) is 0.173. The fraction of sp³-hybridized carbons (Fsp3) is 0.500. The number of nitrogens with one attached hydrogen (secondary N) is 2. The zero-order valence-corrected chi connectivity index (χ0v) is 16.2. The van der Waals surface area contributed by atoms with Crippen LogP contribution < -0.4 is 16.0 Å². The van der Waals surface area contributed by atoms with Crippen LogP contribution in [-0.4, -0.2) is 35.0 Å². The Hall–Kier alpha value is -1.31. The van der Waals surface area contributed by atoms with Crippen LogP contribution in [0.1, 0.15) is 26.7 Å². The number of hydrogen-bond acceptors (Lipinski definition) is 4. The van der Waals surface area contributed by atoms with Crippen molar-refractivity contribution in [2.24, 2.45) is 11.7 Å². The van der Waals surface area contributed by atoms with E-state index >= 15 is 0 Å². The Bertz CT molecular complexity index is 733. The first kappa shape index (κ1) is 19.0. The van der Waals surface area contributed by atoms with Gasteiger partial charge in [-0.1, -0.05) is 13.8 Å². The molecule has 0 spiro atoms. The third kappa shape index (κ3) is 3.68. The van der Waals surface area contributed by atoms with E-state index in [1.165, 1.54) is 0 Å². The standard InChI is InChI=1S/C16H22BrN5O.ClH/c1-9(2)16(23)21-12-7-20-15-13(12)14(11(17)6-19-15)22-5-3-4-10(18)8-22;/h6-7,9-10H,3-5,8,18H2,1-2H3,(H,19,20)(H,21,23);1H. The van der Waals surface area contributed by atoms with Crippen molar-refractivity contribution in [2.75, 3.05) is 23.3 Å². The molecule has 0 aromatic carbocycles. The van der Waals surface area contributed by atoms with E-state index in [-0.39, 0.29) is 30.3 Å². The summed E-state index contributed by atoms with van der Waals surface area (Å²) in [5, 5.41) is 3.93. The highest BCUT2D eigenvalue weighted by molar-refractivity contribution is 9.10. The van der Waals surface area contributed by atoms with Crippen molar-refractivity contribution in [3.05, 3.63) is 16.9 Å². The number of rotatable bonds is 3. The summed E-state index contributed by atoms with van der Waals surface area (Å²) in [6.07, 6.45) is 5.71. The van der Waals surface area contributed by atoms with Crippen molar-refractivity contribution in [1.82, 2.24) is 9.97 Å². The Morgan fingerprint density at radius 1 is 1.54 bits per heavy atom. The van der Waals surface area contributed by atoms with Crippen LogP contribution in [0.5, 0.6) is 0 Å². The van der Waals surface area contributed by atoms with Crippen LogP contribution in [0.25, 0.3) is 11.0 Å². The molecule has 1 saturated heterocycles. The number of halogens is 2. The van der Waals surface area contributed by atoms with E-state index in [4.69, 9.17) is 5.73 Å². The maximum Gasteiger partial charge on any atom is 0.226 e. The maximum absolute atomic E-state index is 12.1. The molecule has 8 heteroatoms. The number of pyridine rings is 1. The molecule has 1 fully saturated rings. The predicted molar refractivity (Wildman–Crippen MR) is 104 cm³/mol. The Labute approximate surface area is 156 Å². The molecule has 0 aliphatic carbocycles. The second-order valence-corrected chi connectivity index (χ2v) is 7.23. The van der Waals surface area contributed by atoms with Crippen LogP contribution in [0.15, 0.2) is 16.9 Å². The smallest absolute Gasteiger partial charge is 0.226 e. The van der Waals surface area contributed by atoms with E-state index in [1.54, 1.807) is 12.4 Å². The molecule has 1 atom stereocenters. The summed E-state index contributed by atoms with van der Waals surface area (Å²) in [4.78, 5) is 21.9. The van der Waals surface area contributed by atoms with Crippen molar-refractivity contribution in [3.8, 4) is 0 Å². The van der Waals surface area contributed by atoms with Crippen molar-refractivity contribution < 1.29 is 4.79 Å². The van der Waals surface area contributed by atoms with Gasteiger partial charge in [0.1, 0.15) is 5.65 Å². The Balaban J connectivity index is 0.00000208. The summed E-state index contributed by atoms with van der Waals surface area (Å²) < 4.78 is 0.916. The lowest BCUT2D eigenvalue weighted by Gasteiger charge is -2.33. The molecule has 0 radical (unpaired) electrons. The minimum absolute atomic E-state index is 0. The van der Waals surface area contributed by atoms with Crippen LogP contribution in [0, 0.1) is 5.92 Å². The molecule has 3 rings (SSSR count). The Kier molecular flexibility index (Phi) is 6.11. The van der Waals surface area contributed by atoms with Crippen LogP contribution in [0.2, 0.25) is 0 Å². The molecular weight excluding hydrogens is 394 g/mol. The van der Waals surface area contributed by atoms with Gasteiger partial charge in [0.05, 0.1) is 21.2 Å². The molecule has 0 saturated carbocycles. The number of amides is 1. The van der Waals surface area contributed by atoms with Gasteiger partial charge in [-0.3, -0.25) is 4.79 Å². The van der Waals surface area contributed by atoms with Gasteiger partial charge in [-0.2, -0.15) is 0 Å². The third-order valence-corrected chi connectivity index (χ3v) is 4.77. The van der Waals surface area contributed by atoms with E-state index in [0.29, 0.717) is 0 Å². The van der Waals surface area contributed by atoms with Crippen LogP contribution in [-0.2, 0) is 4.79 Å². The number of H-pyrrole nitrogens is 1. The van der Waals surface area contributed by atoms with Crippen molar-refractivity contribution >= 4 is 56.7 Å². The van der Waals surface area contributed by atoms with Crippen LogP contribution >= 0.6 is 28.3 Å². The van der Waals surface area contributed by atoms with Gasteiger partial charge in [0.2, 0.25) is 5.91 Å². The summed E-state index contributed by atoms with van der Waals surface area (Å²) in [6.45, 7) is 5.51. The number of aromatic amines is 1. The molecular formula is C16H23BrClN5O. The Morgan fingerprint density at radius 2 is 2.29 bits per heavy atom. The number of fused-ring (bicyclic) bond motifs is 1. The first-order chi connectivity index (χ1) is 11.0. The van der Waals surface area contributed by atoms with Gasteiger partial charge in [0, 0.05) is 37.4 Å². The zero-order chi connectivity index (χ0) is 16.6. The third-order valence-electron chi connectivity index (χ3n) is 4.19. The van der Waals surface area contributed by atoms with Gasteiger partial charge in [-0.15, -0.1) is 12.4 Å². The molecule has 0 bridgehead atoms. The molecule has 4 N–H and O–H groups in total. The van der Waals surface area contributed by atoms with E-state index in [1.807, 2.05) is 13.8 Å². The minimum Gasteiger partial charge on any atom is -0.368 e. The summed E-state index contributed by atoms with van der Waals surface area (Å²) >= 11 is 3.62. The first-order valence-electron chi connectivity index (χ1n) is 7.94. The average molecular weight is 417 g/mol. The molecule has 2 aromatic rings.